The molecule has 0 amide bonds. The summed E-state index contributed by atoms with van der Waals surface area (Å²) >= 11 is 13.6. The zero-order valence-corrected chi connectivity index (χ0v) is 17.1. The molecule has 0 atom stereocenters. The quantitative estimate of drug-likeness (QED) is 0.185. The molecule has 0 spiro atoms. The molecule has 0 saturated carbocycles. The van der Waals surface area contributed by atoms with Crippen molar-refractivity contribution in [2.24, 2.45) is 5.11 Å². The van der Waals surface area contributed by atoms with Gasteiger partial charge in [0, 0.05) is 14.7 Å². The first-order valence-electron chi connectivity index (χ1n) is 8.30. The number of aliphatic carboxylic acids is 1. The molecule has 29 heavy (non-hydrogen) atoms. The van der Waals surface area contributed by atoms with Gasteiger partial charge in [0.2, 0.25) is 0 Å². The number of nitrogens with zero attached hydrogens (tertiary/aromatic N) is 3. The summed E-state index contributed by atoms with van der Waals surface area (Å²) in [6.45, 7) is 0. The molecule has 0 aliphatic rings. The van der Waals surface area contributed by atoms with Gasteiger partial charge in [-0.25, -0.2) is 4.79 Å². The zero-order chi connectivity index (χ0) is 20.8. The largest absolute Gasteiger partial charge is 0.478 e. The molecule has 0 fully saturated rings. The van der Waals surface area contributed by atoms with E-state index in [9.17, 15) is 9.90 Å². The van der Waals surface area contributed by atoms with E-state index in [1.54, 1.807) is 18.2 Å². The molecular weight excluding hydrogens is 429 g/mol. The maximum atomic E-state index is 11.3. The number of azide groups is 1. The fourth-order valence-corrected chi connectivity index (χ4v) is 3.93. The van der Waals surface area contributed by atoms with Crippen molar-refractivity contribution < 1.29 is 9.90 Å². The first-order valence-corrected chi connectivity index (χ1v) is 9.87. The second-order valence-corrected chi connectivity index (χ2v) is 7.75. The summed E-state index contributed by atoms with van der Waals surface area (Å²) < 4.78 is 0. The first kappa shape index (κ1) is 20.8. The molecule has 0 bridgehead atoms. The number of carboxylic acid groups (broad SMARTS) is 1. The molecule has 0 aliphatic heterocycles. The average molecular weight is 442 g/mol. The van der Waals surface area contributed by atoms with Crippen LogP contribution in [0.3, 0.4) is 0 Å². The molecule has 0 aliphatic carbocycles. The second-order valence-electron chi connectivity index (χ2n) is 5.82. The minimum absolute atomic E-state index is 0.378. The number of hydrogen-bond acceptors (Lipinski definition) is 3. The summed E-state index contributed by atoms with van der Waals surface area (Å²) in [7, 11) is 0. The van der Waals surface area contributed by atoms with E-state index < -0.39 is 5.97 Å². The SMILES string of the molecule is [N-]=[N+]=N/C(=C\c1ccc(Sc2ccc(Cl)c(Cl)c2)c(-c2ccccc2)c1)C(=O)O. The van der Waals surface area contributed by atoms with E-state index in [2.05, 4.69) is 10.0 Å². The maximum Gasteiger partial charge on any atom is 0.338 e. The Morgan fingerprint density at radius 3 is 2.45 bits per heavy atom. The number of carboxylic acids is 1. The van der Waals surface area contributed by atoms with Crippen molar-refractivity contribution in [3.63, 3.8) is 0 Å². The van der Waals surface area contributed by atoms with Gasteiger partial charge >= 0.3 is 5.97 Å². The molecule has 3 aromatic carbocycles. The standard InChI is InChI=1S/C21H13Cl2N3O2S/c22-17-8-7-15(12-18(17)23)29-20-9-6-13(11-19(21(27)28)25-26-24)10-16(20)14-4-2-1-3-5-14/h1-12H,(H,27,28)/b19-11-. The highest BCUT2D eigenvalue weighted by Crippen LogP contribution is 2.38. The normalized spacial score (nSPS) is 11.0. The highest BCUT2D eigenvalue weighted by atomic mass is 35.5. The van der Waals surface area contributed by atoms with Gasteiger partial charge in [0.1, 0.15) is 5.70 Å². The number of halogens is 2. The van der Waals surface area contributed by atoms with E-state index in [1.807, 2.05) is 48.5 Å². The van der Waals surface area contributed by atoms with Gasteiger partial charge in [-0.15, -0.1) is 0 Å². The van der Waals surface area contributed by atoms with Crippen molar-refractivity contribution >= 4 is 47.0 Å². The van der Waals surface area contributed by atoms with Crippen LogP contribution in [0.15, 0.2) is 87.3 Å². The van der Waals surface area contributed by atoms with Crippen LogP contribution in [0, 0.1) is 0 Å². The Kier molecular flexibility index (Phi) is 6.86. The van der Waals surface area contributed by atoms with E-state index >= 15 is 0 Å². The van der Waals surface area contributed by atoms with Gasteiger partial charge in [0.05, 0.1) is 10.0 Å². The van der Waals surface area contributed by atoms with Gasteiger partial charge in [-0.05, 0) is 58.6 Å². The number of benzene rings is 3. The van der Waals surface area contributed by atoms with Crippen molar-refractivity contribution in [2.45, 2.75) is 9.79 Å². The third-order valence-electron chi connectivity index (χ3n) is 3.88. The molecule has 0 radical (unpaired) electrons. The lowest BCUT2D eigenvalue weighted by atomic mass is 10.0. The second kappa shape index (κ2) is 9.54. The van der Waals surface area contributed by atoms with Crippen molar-refractivity contribution in [1.29, 1.82) is 0 Å². The summed E-state index contributed by atoms with van der Waals surface area (Å²) in [5.41, 5.74) is 10.7. The van der Waals surface area contributed by atoms with Crippen molar-refractivity contribution in [3.05, 3.63) is 98.5 Å². The fourth-order valence-electron chi connectivity index (χ4n) is 2.58. The zero-order valence-electron chi connectivity index (χ0n) is 14.8. The molecule has 8 heteroatoms. The van der Waals surface area contributed by atoms with E-state index in [0.29, 0.717) is 15.6 Å². The average Bonchev–Trinajstić information content (AvgIpc) is 2.72. The first-order chi connectivity index (χ1) is 14.0. The Hall–Kier alpha value is -2.89. The summed E-state index contributed by atoms with van der Waals surface area (Å²) in [4.78, 5) is 15.7. The predicted octanol–water partition coefficient (Wildman–Crippen LogP) is 7.55. The smallest absolute Gasteiger partial charge is 0.338 e. The van der Waals surface area contributed by atoms with Crippen molar-refractivity contribution in [3.8, 4) is 11.1 Å². The van der Waals surface area contributed by atoms with Gasteiger partial charge in [-0.2, -0.15) is 0 Å². The van der Waals surface area contributed by atoms with Gasteiger partial charge in [0.25, 0.3) is 0 Å². The Morgan fingerprint density at radius 2 is 1.79 bits per heavy atom. The molecule has 1 N–H and O–H groups in total. The van der Waals surface area contributed by atoms with Crippen LogP contribution in [-0.4, -0.2) is 11.1 Å². The molecule has 0 unspecified atom stereocenters. The molecular formula is C21H13Cl2N3O2S. The fraction of sp³-hybridized carbons (Fsp3) is 0. The van der Waals surface area contributed by atoms with Crippen LogP contribution in [0.5, 0.6) is 0 Å². The third-order valence-corrected chi connectivity index (χ3v) is 5.69. The lowest BCUT2D eigenvalue weighted by Crippen LogP contribution is -1.96. The maximum absolute atomic E-state index is 11.3. The Balaban J connectivity index is 2.09. The van der Waals surface area contributed by atoms with Gasteiger partial charge < -0.3 is 5.11 Å². The Labute approximate surface area is 181 Å². The van der Waals surface area contributed by atoms with Gasteiger partial charge in [-0.3, -0.25) is 0 Å². The highest BCUT2D eigenvalue weighted by molar-refractivity contribution is 7.99. The summed E-state index contributed by atoms with van der Waals surface area (Å²) in [6, 6.07) is 20.6. The molecule has 3 rings (SSSR count). The number of hydrogen-bond donors (Lipinski definition) is 1. The number of rotatable bonds is 6. The van der Waals surface area contributed by atoms with Crippen LogP contribution in [0.4, 0.5) is 0 Å². The van der Waals surface area contributed by atoms with E-state index in [-0.39, 0.29) is 5.70 Å². The molecule has 5 nitrogen and oxygen atoms in total. The lowest BCUT2D eigenvalue weighted by Gasteiger charge is -2.12. The minimum Gasteiger partial charge on any atom is -0.478 e. The monoisotopic (exact) mass is 441 g/mol. The van der Waals surface area contributed by atoms with Crippen molar-refractivity contribution in [2.75, 3.05) is 0 Å². The van der Waals surface area contributed by atoms with Crippen LogP contribution in [0.2, 0.25) is 10.0 Å². The van der Waals surface area contributed by atoms with Crippen LogP contribution in [0.1, 0.15) is 5.56 Å². The lowest BCUT2D eigenvalue weighted by molar-refractivity contribution is -0.132. The molecule has 3 aromatic rings. The summed E-state index contributed by atoms with van der Waals surface area (Å²) in [5.74, 6) is -1.29. The molecule has 0 heterocycles. The van der Waals surface area contributed by atoms with Crippen molar-refractivity contribution in [1.82, 2.24) is 0 Å². The molecule has 0 saturated heterocycles. The van der Waals surface area contributed by atoms with Crippen LogP contribution >= 0.6 is 35.0 Å². The van der Waals surface area contributed by atoms with Crippen LogP contribution in [-0.2, 0) is 4.79 Å². The number of carbonyl (C=O) groups is 1. The summed E-state index contributed by atoms with van der Waals surface area (Å²) in [5, 5.41) is 13.4. The minimum atomic E-state index is -1.29. The van der Waals surface area contributed by atoms with Crippen LogP contribution in [0.25, 0.3) is 27.6 Å². The van der Waals surface area contributed by atoms with E-state index in [4.69, 9.17) is 28.7 Å². The third kappa shape index (κ3) is 5.34. The topological polar surface area (TPSA) is 86.1 Å². The molecule has 144 valence electrons. The van der Waals surface area contributed by atoms with Gasteiger partial charge in [-0.1, -0.05) is 76.5 Å². The summed E-state index contributed by atoms with van der Waals surface area (Å²) in [6.07, 6.45) is 1.34. The predicted molar refractivity (Wildman–Crippen MR) is 117 cm³/mol. The highest BCUT2D eigenvalue weighted by Gasteiger charge is 2.11. The Morgan fingerprint density at radius 1 is 1.03 bits per heavy atom. The van der Waals surface area contributed by atoms with E-state index in [1.165, 1.54) is 17.8 Å². The van der Waals surface area contributed by atoms with Crippen LogP contribution < -0.4 is 0 Å². The Bertz CT molecular complexity index is 1140. The van der Waals surface area contributed by atoms with E-state index in [0.717, 1.165) is 20.9 Å². The molecule has 0 aromatic heterocycles. The van der Waals surface area contributed by atoms with Gasteiger partial charge in [0.15, 0.2) is 0 Å².